The van der Waals surface area contributed by atoms with Gasteiger partial charge in [-0.05, 0) is 32.3 Å². The molecule has 0 saturated carbocycles. The number of halogens is 1. The summed E-state index contributed by atoms with van der Waals surface area (Å²) in [4.78, 5) is 11.4. The summed E-state index contributed by atoms with van der Waals surface area (Å²) in [6.07, 6.45) is 4.30. The van der Waals surface area contributed by atoms with Crippen LogP contribution in [-0.4, -0.2) is 68.5 Å². The monoisotopic (exact) mass is 492 g/mol. The number of methoxy groups -OCH3 is 1. The summed E-state index contributed by atoms with van der Waals surface area (Å²) in [5.74, 6) is 1.57. The van der Waals surface area contributed by atoms with E-state index in [2.05, 4.69) is 29.0 Å². The van der Waals surface area contributed by atoms with Gasteiger partial charge in [-0.3, -0.25) is 0 Å². The lowest BCUT2D eigenvalue weighted by atomic mass is 10.1. The third-order valence-corrected chi connectivity index (χ3v) is 4.23. The van der Waals surface area contributed by atoms with Crippen molar-refractivity contribution in [3.05, 3.63) is 23.9 Å². The maximum Gasteiger partial charge on any atom is 0.213 e. The van der Waals surface area contributed by atoms with E-state index in [9.17, 15) is 0 Å². The van der Waals surface area contributed by atoms with Crippen molar-refractivity contribution in [2.24, 2.45) is 4.99 Å². The smallest absolute Gasteiger partial charge is 0.213 e. The molecule has 7 nitrogen and oxygen atoms in total. The molecule has 1 saturated heterocycles. The largest absolute Gasteiger partial charge is 0.475 e. The van der Waals surface area contributed by atoms with Gasteiger partial charge in [-0.2, -0.15) is 0 Å². The van der Waals surface area contributed by atoms with Crippen LogP contribution < -0.4 is 10.1 Å². The number of likely N-dealkylation sites (tertiary alicyclic amines) is 1. The first-order valence-corrected chi connectivity index (χ1v) is 9.48. The average Bonchev–Trinajstić information content (AvgIpc) is 2.67. The Kier molecular flexibility index (Phi) is 12.4. The maximum absolute atomic E-state index is 5.73. The van der Waals surface area contributed by atoms with Crippen LogP contribution in [0.2, 0.25) is 0 Å². The zero-order chi connectivity index (χ0) is 18.6. The lowest BCUT2D eigenvalue weighted by Crippen LogP contribution is -2.47. The number of aliphatic imine (C=N–C) groups is 1. The molecule has 1 N–H and O–H groups in total. The quantitative estimate of drug-likeness (QED) is 0.248. The lowest BCUT2D eigenvalue weighted by molar-refractivity contribution is 0.0263. The Morgan fingerprint density at radius 3 is 2.63 bits per heavy atom. The summed E-state index contributed by atoms with van der Waals surface area (Å²) in [5, 5.41) is 3.39. The minimum absolute atomic E-state index is 0. The number of nitrogens with zero attached hydrogens (tertiary/aromatic N) is 3. The van der Waals surface area contributed by atoms with Gasteiger partial charge < -0.3 is 24.4 Å². The second kappa shape index (κ2) is 14.0. The van der Waals surface area contributed by atoms with Crippen LogP contribution >= 0.6 is 24.0 Å². The normalized spacial score (nSPS) is 15.4. The standard InChI is InChI=1S/C19H32N4O3.HI/c1-4-20-19(23-10-8-17(9-11-23)25-5-2)22-15-16-6-7-18(21-14-16)26-13-12-24-3;/h6-7,14,17H,4-5,8-13,15H2,1-3H3,(H,20,22);1H. The van der Waals surface area contributed by atoms with E-state index in [0.29, 0.717) is 31.7 Å². The summed E-state index contributed by atoms with van der Waals surface area (Å²) in [5.41, 5.74) is 1.06. The Balaban J connectivity index is 0.00000364. The van der Waals surface area contributed by atoms with Crippen LogP contribution in [0.15, 0.2) is 23.3 Å². The van der Waals surface area contributed by atoms with Crippen molar-refractivity contribution in [1.29, 1.82) is 0 Å². The molecule has 0 spiro atoms. The molecule has 1 aliphatic heterocycles. The van der Waals surface area contributed by atoms with Crippen molar-refractivity contribution >= 4 is 29.9 Å². The second-order valence-electron chi connectivity index (χ2n) is 6.16. The molecule has 1 aromatic rings. The van der Waals surface area contributed by atoms with Crippen molar-refractivity contribution < 1.29 is 14.2 Å². The molecular weight excluding hydrogens is 459 g/mol. The SMILES string of the molecule is CCNC(=NCc1ccc(OCCOC)nc1)N1CCC(OCC)CC1.I. The summed E-state index contributed by atoms with van der Waals surface area (Å²) in [7, 11) is 1.65. The molecule has 0 unspecified atom stereocenters. The maximum atomic E-state index is 5.73. The van der Waals surface area contributed by atoms with Crippen LogP contribution in [0.1, 0.15) is 32.3 Å². The van der Waals surface area contributed by atoms with Crippen molar-refractivity contribution in [3.63, 3.8) is 0 Å². The molecule has 1 fully saturated rings. The van der Waals surface area contributed by atoms with Crippen molar-refractivity contribution in [3.8, 4) is 5.88 Å². The van der Waals surface area contributed by atoms with Gasteiger partial charge in [0.05, 0.1) is 19.3 Å². The predicted molar refractivity (Wildman–Crippen MR) is 118 cm³/mol. The van der Waals surface area contributed by atoms with E-state index in [4.69, 9.17) is 19.2 Å². The van der Waals surface area contributed by atoms with Gasteiger partial charge in [-0.25, -0.2) is 9.98 Å². The molecule has 8 heteroatoms. The molecule has 2 rings (SSSR count). The highest BCUT2D eigenvalue weighted by molar-refractivity contribution is 14.0. The molecule has 27 heavy (non-hydrogen) atoms. The minimum Gasteiger partial charge on any atom is -0.475 e. The molecule has 0 aliphatic carbocycles. The molecule has 2 heterocycles. The molecule has 0 amide bonds. The number of ether oxygens (including phenoxy) is 3. The number of rotatable bonds is 9. The van der Waals surface area contributed by atoms with Gasteiger partial charge in [0.15, 0.2) is 5.96 Å². The number of pyridine rings is 1. The fourth-order valence-corrected chi connectivity index (χ4v) is 2.88. The third-order valence-electron chi connectivity index (χ3n) is 4.23. The molecular formula is C19H33IN4O3. The molecule has 154 valence electrons. The number of piperidine rings is 1. The van der Waals surface area contributed by atoms with E-state index in [1.165, 1.54) is 0 Å². The number of aromatic nitrogens is 1. The third kappa shape index (κ3) is 8.61. The zero-order valence-electron chi connectivity index (χ0n) is 16.6. The average molecular weight is 492 g/mol. The second-order valence-corrected chi connectivity index (χ2v) is 6.16. The van der Waals surface area contributed by atoms with Crippen LogP contribution in [-0.2, 0) is 16.0 Å². The van der Waals surface area contributed by atoms with E-state index >= 15 is 0 Å². The first kappa shape index (κ1) is 23.9. The zero-order valence-corrected chi connectivity index (χ0v) is 19.0. The highest BCUT2D eigenvalue weighted by atomic mass is 127. The van der Waals surface area contributed by atoms with Crippen molar-refractivity contribution in [1.82, 2.24) is 15.2 Å². The molecule has 1 aromatic heterocycles. The summed E-state index contributed by atoms with van der Waals surface area (Å²) >= 11 is 0. The van der Waals surface area contributed by atoms with E-state index in [1.807, 2.05) is 18.3 Å². The number of nitrogens with one attached hydrogen (secondary N) is 1. The molecule has 0 bridgehead atoms. The first-order valence-electron chi connectivity index (χ1n) is 9.48. The fraction of sp³-hybridized carbons (Fsp3) is 0.684. The fourth-order valence-electron chi connectivity index (χ4n) is 2.88. The summed E-state index contributed by atoms with van der Waals surface area (Å²) in [6, 6.07) is 3.88. The topological polar surface area (TPSA) is 68.2 Å². The van der Waals surface area contributed by atoms with Crippen LogP contribution in [0.3, 0.4) is 0 Å². The van der Waals surface area contributed by atoms with Gasteiger partial charge in [0.2, 0.25) is 5.88 Å². The van der Waals surface area contributed by atoms with Crippen LogP contribution in [0.25, 0.3) is 0 Å². The van der Waals surface area contributed by atoms with E-state index < -0.39 is 0 Å². The Morgan fingerprint density at radius 1 is 1.26 bits per heavy atom. The first-order chi connectivity index (χ1) is 12.8. The van der Waals surface area contributed by atoms with Gasteiger partial charge in [0.1, 0.15) is 6.61 Å². The van der Waals surface area contributed by atoms with Gasteiger partial charge in [0, 0.05) is 45.6 Å². The molecule has 0 atom stereocenters. The lowest BCUT2D eigenvalue weighted by Gasteiger charge is -2.34. The highest BCUT2D eigenvalue weighted by Crippen LogP contribution is 2.14. The van der Waals surface area contributed by atoms with Gasteiger partial charge in [-0.1, -0.05) is 6.07 Å². The van der Waals surface area contributed by atoms with Gasteiger partial charge >= 0.3 is 0 Å². The van der Waals surface area contributed by atoms with Crippen molar-refractivity contribution in [2.45, 2.75) is 39.3 Å². The molecule has 0 radical (unpaired) electrons. The predicted octanol–water partition coefficient (Wildman–Crippen LogP) is 2.69. The van der Waals surface area contributed by atoms with E-state index in [-0.39, 0.29) is 24.0 Å². The van der Waals surface area contributed by atoms with Crippen molar-refractivity contribution in [2.75, 3.05) is 46.6 Å². The number of hydrogen-bond acceptors (Lipinski definition) is 5. The van der Waals surface area contributed by atoms with Gasteiger partial charge in [-0.15, -0.1) is 24.0 Å². The van der Waals surface area contributed by atoms with Crippen LogP contribution in [0.4, 0.5) is 0 Å². The Labute approximate surface area is 179 Å². The minimum atomic E-state index is 0. The summed E-state index contributed by atoms with van der Waals surface area (Å²) in [6.45, 7) is 9.39. The molecule has 1 aliphatic rings. The van der Waals surface area contributed by atoms with Gasteiger partial charge in [0.25, 0.3) is 0 Å². The van der Waals surface area contributed by atoms with Crippen LogP contribution in [0, 0.1) is 0 Å². The van der Waals surface area contributed by atoms with E-state index in [1.54, 1.807) is 7.11 Å². The number of guanidine groups is 1. The molecule has 0 aromatic carbocycles. The Bertz CT molecular complexity index is 534. The van der Waals surface area contributed by atoms with E-state index in [0.717, 1.165) is 50.6 Å². The Morgan fingerprint density at radius 2 is 2.04 bits per heavy atom. The highest BCUT2D eigenvalue weighted by Gasteiger charge is 2.21. The summed E-state index contributed by atoms with van der Waals surface area (Å²) < 4.78 is 16.2. The Hall–Kier alpha value is -1.13. The number of hydrogen-bond donors (Lipinski definition) is 1. The van der Waals surface area contributed by atoms with Crippen LogP contribution in [0.5, 0.6) is 5.88 Å².